The molecule has 2 fully saturated rings. The Kier molecular flexibility index (Phi) is 7.44. The Morgan fingerprint density at radius 2 is 1.96 bits per heavy atom. The summed E-state index contributed by atoms with van der Waals surface area (Å²) in [4.78, 5) is 7.39. The molecule has 1 aromatic rings. The van der Waals surface area contributed by atoms with Gasteiger partial charge in [0.1, 0.15) is 12.4 Å². The third-order valence-corrected chi connectivity index (χ3v) is 6.03. The Morgan fingerprint density at radius 1 is 1.21 bits per heavy atom. The number of rotatable bonds is 7. The number of nitrogens with one attached hydrogen (secondary N) is 2. The van der Waals surface area contributed by atoms with E-state index in [2.05, 4.69) is 32.3 Å². The van der Waals surface area contributed by atoms with Gasteiger partial charge >= 0.3 is 0 Å². The first-order valence-corrected chi connectivity index (χ1v) is 10.5. The Bertz CT molecular complexity index is 658. The summed E-state index contributed by atoms with van der Waals surface area (Å²) in [5.41, 5.74) is 0.194. The van der Waals surface area contributed by atoms with Crippen molar-refractivity contribution in [3.63, 3.8) is 0 Å². The highest BCUT2D eigenvalue weighted by atomic mass is 16.5. The van der Waals surface area contributed by atoms with Crippen molar-refractivity contribution in [3.8, 4) is 0 Å². The molecule has 3 rings (SSSR count). The minimum Gasteiger partial charge on any atom is -0.379 e. The zero-order valence-corrected chi connectivity index (χ0v) is 17.4. The number of hydrogen-bond donors (Lipinski definition) is 2. The van der Waals surface area contributed by atoms with E-state index in [0.717, 1.165) is 50.5 Å². The molecule has 0 radical (unpaired) electrons. The minimum atomic E-state index is 0.194. The zero-order chi connectivity index (χ0) is 19.8. The van der Waals surface area contributed by atoms with E-state index < -0.39 is 0 Å². The van der Waals surface area contributed by atoms with E-state index in [1.54, 1.807) is 0 Å². The van der Waals surface area contributed by atoms with Gasteiger partial charge in [-0.1, -0.05) is 25.3 Å². The monoisotopic (exact) mass is 389 g/mol. The molecule has 2 N–H and O–H groups in total. The highest BCUT2D eigenvalue weighted by molar-refractivity contribution is 5.80. The lowest BCUT2D eigenvalue weighted by Crippen LogP contribution is -2.60. The number of ether oxygens (including phenoxy) is 1. The summed E-state index contributed by atoms with van der Waals surface area (Å²) in [6.45, 7) is 11.5. The van der Waals surface area contributed by atoms with Crippen LogP contribution in [0.3, 0.4) is 0 Å². The van der Waals surface area contributed by atoms with E-state index in [1.807, 2.05) is 24.6 Å². The van der Waals surface area contributed by atoms with Crippen molar-refractivity contribution in [3.05, 3.63) is 24.3 Å². The SMILES string of the molecule is C=CCNC(=NCc1nnc(C)n1C)NCC1(N2CCOCC2)CCCCC1. The van der Waals surface area contributed by atoms with Crippen molar-refractivity contribution >= 4 is 5.96 Å². The van der Waals surface area contributed by atoms with E-state index in [4.69, 9.17) is 9.73 Å². The standard InChI is InChI=1S/C20H35N7O/c1-4-10-21-19(22-15-18-25-24-17(2)26(18)3)23-16-20(8-6-5-7-9-20)27-11-13-28-14-12-27/h4H,1,5-16H2,2-3H3,(H2,21,22,23). The third-order valence-electron chi connectivity index (χ3n) is 6.03. The van der Waals surface area contributed by atoms with E-state index >= 15 is 0 Å². The fourth-order valence-electron chi connectivity index (χ4n) is 4.18. The van der Waals surface area contributed by atoms with Crippen LogP contribution in [0.15, 0.2) is 17.6 Å². The first-order valence-electron chi connectivity index (χ1n) is 10.5. The average Bonchev–Trinajstić information content (AvgIpc) is 3.06. The second-order valence-corrected chi connectivity index (χ2v) is 7.79. The van der Waals surface area contributed by atoms with E-state index in [0.29, 0.717) is 13.1 Å². The van der Waals surface area contributed by atoms with Crippen molar-refractivity contribution in [2.45, 2.75) is 51.1 Å². The molecule has 1 saturated heterocycles. The quantitative estimate of drug-likeness (QED) is 0.417. The van der Waals surface area contributed by atoms with Crippen LogP contribution in [0.2, 0.25) is 0 Å². The smallest absolute Gasteiger partial charge is 0.192 e. The molecule has 2 aliphatic rings. The van der Waals surface area contributed by atoms with E-state index in [1.165, 1.54) is 32.1 Å². The maximum absolute atomic E-state index is 5.59. The van der Waals surface area contributed by atoms with Gasteiger partial charge in [0.15, 0.2) is 11.8 Å². The van der Waals surface area contributed by atoms with Crippen molar-refractivity contribution in [1.82, 2.24) is 30.3 Å². The van der Waals surface area contributed by atoms with Crippen molar-refractivity contribution < 1.29 is 4.74 Å². The largest absolute Gasteiger partial charge is 0.379 e. The molecule has 1 saturated carbocycles. The number of aryl methyl sites for hydroxylation is 1. The second kappa shape index (κ2) is 10.0. The summed E-state index contributed by atoms with van der Waals surface area (Å²) >= 11 is 0. The molecule has 0 atom stereocenters. The number of guanidine groups is 1. The molecule has 8 nitrogen and oxygen atoms in total. The lowest BCUT2D eigenvalue weighted by molar-refractivity contribution is -0.0352. The fraction of sp³-hybridized carbons (Fsp3) is 0.750. The van der Waals surface area contributed by atoms with E-state index in [-0.39, 0.29) is 5.54 Å². The minimum absolute atomic E-state index is 0.194. The Balaban J connectivity index is 1.68. The van der Waals surface area contributed by atoms with Crippen LogP contribution in [-0.4, -0.2) is 70.6 Å². The molecule has 2 heterocycles. The molecular weight excluding hydrogens is 354 g/mol. The Labute approximate surface area is 168 Å². The highest BCUT2D eigenvalue weighted by Crippen LogP contribution is 2.33. The summed E-state index contributed by atoms with van der Waals surface area (Å²) in [6, 6.07) is 0. The molecule has 0 spiro atoms. The van der Waals surface area contributed by atoms with Gasteiger partial charge in [-0.15, -0.1) is 16.8 Å². The third kappa shape index (κ3) is 5.11. The summed E-state index contributed by atoms with van der Waals surface area (Å²) in [5.74, 6) is 2.56. The predicted molar refractivity (Wildman–Crippen MR) is 111 cm³/mol. The molecule has 0 unspecified atom stereocenters. The van der Waals surface area contributed by atoms with Gasteiger partial charge in [-0.05, 0) is 19.8 Å². The van der Waals surface area contributed by atoms with Gasteiger partial charge in [0.2, 0.25) is 0 Å². The van der Waals surface area contributed by atoms with Crippen LogP contribution < -0.4 is 10.6 Å². The van der Waals surface area contributed by atoms with Gasteiger partial charge in [-0.2, -0.15) is 0 Å². The summed E-state index contributed by atoms with van der Waals surface area (Å²) < 4.78 is 7.57. The van der Waals surface area contributed by atoms with Crippen LogP contribution in [0, 0.1) is 6.92 Å². The molecule has 0 bridgehead atoms. The number of aromatic nitrogens is 3. The zero-order valence-electron chi connectivity index (χ0n) is 17.4. The highest BCUT2D eigenvalue weighted by Gasteiger charge is 2.38. The van der Waals surface area contributed by atoms with Crippen LogP contribution in [0.25, 0.3) is 0 Å². The number of morpholine rings is 1. The first-order chi connectivity index (χ1) is 13.6. The van der Waals surface area contributed by atoms with Crippen LogP contribution >= 0.6 is 0 Å². The topological polar surface area (TPSA) is 79.6 Å². The molecule has 0 aromatic carbocycles. The molecule has 156 valence electrons. The summed E-state index contributed by atoms with van der Waals surface area (Å²) in [7, 11) is 1.97. The fourth-order valence-corrected chi connectivity index (χ4v) is 4.18. The maximum Gasteiger partial charge on any atom is 0.192 e. The van der Waals surface area contributed by atoms with Crippen LogP contribution in [-0.2, 0) is 18.3 Å². The van der Waals surface area contributed by atoms with Gasteiger partial charge in [-0.3, -0.25) is 4.90 Å². The Hall–Kier alpha value is -1.93. The average molecular weight is 390 g/mol. The molecule has 0 amide bonds. The van der Waals surface area contributed by atoms with Crippen molar-refractivity contribution in [2.24, 2.45) is 12.0 Å². The van der Waals surface area contributed by atoms with Gasteiger partial charge in [0.25, 0.3) is 0 Å². The molecule has 1 aromatic heterocycles. The number of nitrogens with zero attached hydrogens (tertiary/aromatic N) is 5. The van der Waals surface area contributed by atoms with Gasteiger partial charge in [0, 0.05) is 38.8 Å². The molecule has 8 heteroatoms. The van der Waals surface area contributed by atoms with Gasteiger partial charge in [0.05, 0.1) is 13.2 Å². The van der Waals surface area contributed by atoms with E-state index in [9.17, 15) is 0 Å². The second-order valence-electron chi connectivity index (χ2n) is 7.79. The number of aliphatic imine (C=N–C) groups is 1. The predicted octanol–water partition coefficient (Wildman–Crippen LogP) is 1.38. The molecular formula is C20H35N7O. The normalized spacial score (nSPS) is 20.7. The molecule has 1 aliphatic carbocycles. The lowest BCUT2D eigenvalue weighted by atomic mass is 9.80. The Morgan fingerprint density at radius 3 is 2.61 bits per heavy atom. The van der Waals surface area contributed by atoms with Crippen molar-refractivity contribution in [1.29, 1.82) is 0 Å². The maximum atomic E-state index is 5.59. The summed E-state index contributed by atoms with van der Waals surface area (Å²) in [5, 5.41) is 15.3. The lowest BCUT2D eigenvalue weighted by Gasteiger charge is -2.48. The number of hydrogen-bond acceptors (Lipinski definition) is 5. The van der Waals surface area contributed by atoms with Crippen LogP contribution in [0.1, 0.15) is 43.8 Å². The van der Waals surface area contributed by atoms with Gasteiger partial charge in [-0.25, -0.2) is 4.99 Å². The van der Waals surface area contributed by atoms with Crippen LogP contribution in [0.4, 0.5) is 0 Å². The van der Waals surface area contributed by atoms with Crippen LogP contribution in [0.5, 0.6) is 0 Å². The molecule has 1 aliphatic heterocycles. The summed E-state index contributed by atoms with van der Waals surface area (Å²) in [6.07, 6.45) is 8.25. The van der Waals surface area contributed by atoms with Gasteiger partial charge < -0.3 is 19.9 Å². The first kappa shape index (κ1) is 20.8. The van der Waals surface area contributed by atoms with Crippen molar-refractivity contribution in [2.75, 3.05) is 39.4 Å². The molecule has 28 heavy (non-hydrogen) atoms.